The Kier molecular flexibility index (Phi) is 3.40. The number of rotatable bonds is 2. The van der Waals surface area contributed by atoms with E-state index in [1.54, 1.807) is 14.2 Å². The molecule has 0 fully saturated rings. The van der Waals surface area contributed by atoms with Gasteiger partial charge in [-0.05, 0) is 49.4 Å². The zero-order valence-corrected chi connectivity index (χ0v) is 12.1. The summed E-state index contributed by atoms with van der Waals surface area (Å²) in [5, 5.41) is 2.18. The zero-order valence-electron chi connectivity index (χ0n) is 8.88. The van der Waals surface area contributed by atoms with E-state index in [4.69, 9.17) is 9.47 Å². The van der Waals surface area contributed by atoms with Crippen LogP contribution >= 0.6 is 31.9 Å². The van der Waals surface area contributed by atoms with Crippen LogP contribution in [0.15, 0.2) is 33.2 Å². The van der Waals surface area contributed by atoms with E-state index in [0.29, 0.717) is 0 Å². The van der Waals surface area contributed by atoms with E-state index in [-0.39, 0.29) is 0 Å². The molecular weight excluding hydrogens is 336 g/mol. The lowest BCUT2D eigenvalue weighted by atomic mass is 10.1. The van der Waals surface area contributed by atoms with Gasteiger partial charge >= 0.3 is 0 Å². The number of methoxy groups -OCH3 is 2. The van der Waals surface area contributed by atoms with Crippen LogP contribution in [0.25, 0.3) is 10.8 Å². The molecule has 0 N–H and O–H groups in total. The molecule has 0 aromatic heterocycles. The number of benzene rings is 2. The monoisotopic (exact) mass is 344 g/mol. The Morgan fingerprint density at radius 2 is 1.25 bits per heavy atom. The standard InChI is InChI=1S/C12H10Br2O2/c1-15-8-5-3-7-4-6-9(16-2)12(14)10(7)11(8)13/h3-6H,1-2H3. The first-order valence-electron chi connectivity index (χ1n) is 4.67. The van der Waals surface area contributed by atoms with E-state index in [0.717, 1.165) is 31.2 Å². The number of ether oxygens (including phenoxy) is 2. The van der Waals surface area contributed by atoms with Crippen molar-refractivity contribution in [1.29, 1.82) is 0 Å². The van der Waals surface area contributed by atoms with Gasteiger partial charge in [0.1, 0.15) is 11.5 Å². The molecular formula is C12H10Br2O2. The number of fused-ring (bicyclic) bond motifs is 1. The third-order valence-electron chi connectivity index (χ3n) is 2.43. The van der Waals surface area contributed by atoms with Gasteiger partial charge in [0.2, 0.25) is 0 Å². The Labute approximate surface area is 111 Å². The summed E-state index contributed by atoms with van der Waals surface area (Å²) in [5.74, 6) is 1.61. The topological polar surface area (TPSA) is 18.5 Å². The second-order valence-corrected chi connectivity index (χ2v) is 4.85. The van der Waals surface area contributed by atoms with Gasteiger partial charge in [-0.2, -0.15) is 0 Å². The van der Waals surface area contributed by atoms with Crippen molar-refractivity contribution in [3.05, 3.63) is 33.2 Å². The lowest BCUT2D eigenvalue weighted by Gasteiger charge is -2.11. The van der Waals surface area contributed by atoms with Crippen LogP contribution in [0.5, 0.6) is 11.5 Å². The molecule has 0 bridgehead atoms. The first kappa shape index (κ1) is 11.7. The van der Waals surface area contributed by atoms with Crippen LogP contribution in [0.4, 0.5) is 0 Å². The molecule has 0 aliphatic carbocycles. The van der Waals surface area contributed by atoms with Crippen molar-refractivity contribution in [2.45, 2.75) is 0 Å². The number of hydrogen-bond acceptors (Lipinski definition) is 2. The second kappa shape index (κ2) is 4.63. The smallest absolute Gasteiger partial charge is 0.133 e. The summed E-state index contributed by atoms with van der Waals surface area (Å²) >= 11 is 7.09. The number of hydrogen-bond donors (Lipinski definition) is 0. The predicted octanol–water partition coefficient (Wildman–Crippen LogP) is 4.38. The van der Waals surface area contributed by atoms with Gasteiger partial charge in [-0.15, -0.1) is 0 Å². The zero-order chi connectivity index (χ0) is 11.7. The van der Waals surface area contributed by atoms with Crippen LogP contribution in [0, 0.1) is 0 Å². The van der Waals surface area contributed by atoms with E-state index >= 15 is 0 Å². The molecule has 2 nitrogen and oxygen atoms in total. The van der Waals surface area contributed by atoms with Crippen LogP contribution in [-0.4, -0.2) is 14.2 Å². The van der Waals surface area contributed by atoms with Crippen LogP contribution in [0.2, 0.25) is 0 Å². The molecule has 2 aromatic carbocycles. The molecule has 2 rings (SSSR count). The second-order valence-electron chi connectivity index (χ2n) is 3.26. The van der Waals surface area contributed by atoms with Crippen molar-refractivity contribution in [3.8, 4) is 11.5 Å². The fourth-order valence-electron chi connectivity index (χ4n) is 1.61. The van der Waals surface area contributed by atoms with Crippen LogP contribution < -0.4 is 9.47 Å². The molecule has 0 aliphatic heterocycles. The fourth-order valence-corrected chi connectivity index (χ4v) is 3.32. The summed E-state index contributed by atoms with van der Waals surface area (Å²) < 4.78 is 12.4. The first-order valence-corrected chi connectivity index (χ1v) is 6.26. The van der Waals surface area contributed by atoms with Gasteiger partial charge in [0.25, 0.3) is 0 Å². The lowest BCUT2D eigenvalue weighted by Crippen LogP contribution is -1.89. The van der Waals surface area contributed by atoms with Gasteiger partial charge in [-0.1, -0.05) is 12.1 Å². The predicted molar refractivity (Wildman–Crippen MR) is 72.5 cm³/mol. The lowest BCUT2D eigenvalue weighted by molar-refractivity contribution is 0.411. The van der Waals surface area contributed by atoms with E-state index in [1.807, 2.05) is 24.3 Å². The minimum absolute atomic E-state index is 0.807. The summed E-state index contributed by atoms with van der Waals surface area (Å²) in [6.07, 6.45) is 0. The Bertz CT molecular complexity index is 493. The molecule has 16 heavy (non-hydrogen) atoms. The van der Waals surface area contributed by atoms with Gasteiger partial charge in [0, 0.05) is 5.39 Å². The highest BCUT2D eigenvalue weighted by atomic mass is 79.9. The Morgan fingerprint density at radius 3 is 1.62 bits per heavy atom. The fraction of sp³-hybridized carbons (Fsp3) is 0.167. The molecule has 0 atom stereocenters. The van der Waals surface area contributed by atoms with E-state index in [9.17, 15) is 0 Å². The third-order valence-corrected chi connectivity index (χ3v) is 4.00. The van der Waals surface area contributed by atoms with Crippen molar-refractivity contribution in [3.63, 3.8) is 0 Å². The average molecular weight is 346 g/mol. The largest absolute Gasteiger partial charge is 0.496 e. The van der Waals surface area contributed by atoms with Crippen molar-refractivity contribution in [2.75, 3.05) is 14.2 Å². The molecule has 2 aromatic rings. The van der Waals surface area contributed by atoms with E-state index in [1.165, 1.54) is 0 Å². The normalized spacial score (nSPS) is 10.5. The van der Waals surface area contributed by atoms with Crippen molar-refractivity contribution in [1.82, 2.24) is 0 Å². The van der Waals surface area contributed by atoms with Gasteiger partial charge in [-0.3, -0.25) is 0 Å². The molecule has 0 saturated heterocycles. The SMILES string of the molecule is COc1ccc2ccc(OC)c(Br)c2c1Br. The van der Waals surface area contributed by atoms with Gasteiger partial charge < -0.3 is 9.47 Å². The molecule has 0 aliphatic rings. The maximum atomic E-state index is 5.27. The summed E-state index contributed by atoms with van der Waals surface area (Å²) in [4.78, 5) is 0. The maximum absolute atomic E-state index is 5.27. The van der Waals surface area contributed by atoms with E-state index in [2.05, 4.69) is 31.9 Å². The van der Waals surface area contributed by atoms with Crippen molar-refractivity contribution < 1.29 is 9.47 Å². The molecule has 4 heteroatoms. The third kappa shape index (κ3) is 1.80. The summed E-state index contributed by atoms with van der Waals surface area (Å²) in [6.45, 7) is 0. The highest BCUT2D eigenvalue weighted by Gasteiger charge is 2.11. The minimum Gasteiger partial charge on any atom is -0.496 e. The first-order chi connectivity index (χ1) is 7.69. The van der Waals surface area contributed by atoms with Crippen LogP contribution in [0.1, 0.15) is 0 Å². The molecule has 0 unspecified atom stereocenters. The molecule has 0 saturated carbocycles. The van der Waals surface area contributed by atoms with Crippen LogP contribution in [-0.2, 0) is 0 Å². The summed E-state index contributed by atoms with van der Waals surface area (Å²) in [6, 6.07) is 7.91. The molecule has 0 amide bonds. The highest BCUT2D eigenvalue weighted by Crippen LogP contribution is 2.41. The minimum atomic E-state index is 0.807. The van der Waals surface area contributed by atoms with Crippen molar-refractivity contribution >= 4 is 42.6 Å². The van der Waals surface area contributed by atoms with Gasteiger partial charge in [-0.25, -0.2) is 0 Å². The quantitative estimate of drug-likeness (QED) is 0.804. The molecule has 0 radical (unpaired) electrons. The Balaban J connectivity index is 2.83. The van der Waals surface area contributed by atoms with E-state index < -0.39 is 0 Å². The van der Waals surface area contributed by atoms with Crippen molar-refractivity contribution in [2.24, 2.45) is 0 Å². The Hall–Kier alpha value is -0.740. The molecule has 0 spiro atoms. The molecule has 0 heterocycles. The summed E-state index contributed by atoms with van der Waals surface area (Å²) in [7, 11) is 3.31. The maximum Gasteiger partial charge on any atom is 0.133 e. The number of halogens is 2. The summed E-state index contributed by atoms with van der Waals surface area (Å²) in [5.41, 5.74) is 0. The molecule has 84 valence electrons. The van der Waals surface area contributed by atoms with Gasteiger partial charge in [0.05, 0.1) is 23.2 Å². The van der Waals surface area contributed by atoms with Gasteiger partial charge in [0.15, 0.2) is 0 Å². The average Bonchev–Trinajstić information content (AvgIpc) is 2.30. The van der Waals surface area contributed by atoms with Crippen LogP contribution in [0.3, 0.4) is 0 Å². The Morgan fingerprint density at radius 1 is 0.812 bits per heavy atom. The highest BCUT2D eigenvalue weighted by molar-refractivity contribution is 9.11.